The zero-order valence-electron chi connectivity index (χ0n) is 14.8. The molecule has 1 aliphatic rings. The van der Waals surface area contributed by atoms with E-state index in [9.17, 15) is 5.11 Å². The number of hydrogen-bond donors (Lipinski definition) is 2. The zero-order valence-corrected chi connectivity index (χ0v) is 14.8. The first kappa shape index (κ1) is 19.0. The Morgan fingerprint density at radius 1 is 0.905 bits per heavy atom. The van der Waals surface area contributed by atoms with Crippen LogP contribution in [0.5, 0.6) is 0 Å². The van der Waals surface area contributed by atoms with E-state index in [1.54, 1.807) is 0 Å². The molecular weight excluding hydrogens is 258 g/mol. The molecule has 0 bridgehead atoms. The van der Waals surface area contributed by atoms with Crippen LogP contribution in [0.15, 0.2) is 0 Å². The van der Waals surface area contributed by atoms with E-state index in [4.69, 9.17) is 5.73 Å². The first-order valence-corrected chi connectivity index (χ1v) is 9.34. The summed E-state index contributed by atoms with van der Waals surface area (Å²) in [6.45, 7) is 7.60. The summed E-state index contributed by atoms with van der Waals surface area (Å²) in [5.74, 6) is 0. The van der Waals surface area contributed by atoms with Gasteiger partial charge in [-0.25, -0.2) is 0 Å². The van der Waals surface area contributed by atoms with Crippen LogP contribution < -0.4 is 5.73 Å². The van der Waals surface area contributed by atoms with Crippen molar-refractivity contribution in [3.8, 4) is 0 Å². The molecule has 0 amide bonds. The molecule has 1 saturated carbocycles. The molecule has 1 aliphatic carbocycles. The predicted octanol–water partition coefficient (Wildman–Crippen LogP) is 5.03. The van der Waals surface area contributed by atoms with Crippen molar-refractivity contribution in [3.05, 3.63) is 0 Å². The highest BCUT2D eigenvalue weighted by Crippen LogP contribution is 2.47. The molecule has 126 valence electrons. The van der Waals surface area contributed by atoms with E-state index in [0.717, 1.165) is 19.3 Å². The van der Waals surface area contributed by atoms with Gasteiger partial charge in [-0.05, 0) is 37.5 Å². The topological polar surface area (TPSA) is 46.2 Å². The fraction of sp³-hybridized carbons (Fsp3) is 1.00. The highest BCUT2D eigenvalue weighted by atomic mass is 16.3. The Kier molecular flexibility index (Phi) is 8.26. The van der Waals surface area contributed by atoms with Crippen LogP contribution in [0.2, 0.25) is 0 Å². The van der Waals surface area contributed by atoms with Gasteiger partial charge in [-0.2, -0.15) is 0 Å². The van der Waals surface area contributed by atoms with Crippen LogP contribution >= 0.6 is 0 Å². The quantitative estimate of drug-likeness (QED) is 0.555. The van der Waals surface area contributed by atoms with Gasteiger partial charge in [0.1, 0.15) is 0 Å². The van der Waals surface area contributed by atoms with Crippen molar-refractivity contribution in [2.75, 3.05) is 6.54 Å². The fourth-order valence-electron chi connectivity index (χ4n) is 3.70. The Labute approximate surface area is 132 Å². The van der Waals surface area contributed by atoms with Crippen molar-refractivity contribution < 1.29 is 5.11 Å². The van der Waals surface area contributed by atoms with Crippen molar-refractivity contribution in [2.45, 2.75) is 104 Å². The standard InChI is InChI=1S/C19H39NO/c1-4-5-6-7-8-9-10-11-17(21)19(16-20)14-12-18(2,3)13-15-19/h17,21H,4-16,20H2,1-3H3. The van der Waals surface area contributed by atoms with Gasteiger partial charge in [-0.3, -0.25) is 0 Å². The van der Waals surface area contributed by atoms with E-state index >= 15 is 0 Å². The van der Waals surface area contributed by atoms with Crippen molar-refractivity contribution in [3.63, 3.8) is 0 Å². The third-order valence-electron chi connectivity index (χ3n) is 5.79. The molecule has 0 aromatic carbocycles. The second-order valence-electron chi connectivity index (χ2n) is 8.16. The first-order chi connectivity index (χ1) is 9.96. The average molecular weight is 298 g/mol. The molecule has 3 N–H and O–H groups in total. The van der Waals surface area contributed by atoms with Gasteiger partial charge in [0.15, 0.2) is 0 Å². The van der Waals surface area contributed by atoms with Crippen LogP contribution in [0.3, 0.4) is 0 Å². The Hall–Kier alpha value is -0.0800. The molecule has 0 radical (unpaired) electrons. The minimum absolute atomic E-state index is 0.0116. The molecule has 1 rings (SSSR count). The molecule has 0 aromatic heterocycles. The summed E-state index contributed by atoms with van der Waals surface area (Å²) in [6.07, 6.45) is 14.6. The number of aliphatic hydroxyl groups is 1. The van der Waals surface area contributed by atoms with Gasteiger partial charge in [0.2, 0.25) is 0 Å². The van der Waals surface area contributed by atoms with E-state index in [2.05, 4.69) is 20.8 Å². The molecule has 0 aliphatic heterocycles. The van der Waals surface area contributed by atoms with Crippen LogP contribution in [0.25, 0.3) is 0 Å². The van der Waals surface area contributed by atoms with Crippen LogP contribution in [-0.2, 0) is 0 Å². The molecule has 0 saturated heterocycles. The lowest BCUT2D eigenvalue weighted by molar-refractivity contribution is -0.0270. The molecule has 0 aromatic rings. The maximum atomic E-state index is 10.7. The van der Waals surface area contributed by atoms with Gasteiger partial charge in [0.05, 0.1) is 6.10 Å². The van der Waals surface area contributed by atoms with Crippen LogP contribution in [0, 0.1) is 10.8 Å². The number of unbranched alkanes of at least 4 members (excludes halogenated alkanes) is 6. The van der Waals surface area contributed by atoms with Gasteiger partial charge in [0, 0.05) is 12.0 Å². The minimum atomic E-state index is -0.186. The van der Waals surface area contributed by atoms with Crippen molar-refractivity contribution in [1.29, 1.82) is 0 Å². The molecule has 2 nitrogen and oxygen atoms in total. The van der Waals surface area contributed by atoms with Crippen LogP contribution in [-0.4, -0.2) is 17.8 Å². The Morgan fingerprint density at radius 2 is 1.43 bits per heavy atom. The van der Waals surface area contributed by atoms with E-state index in [1.165, 1.54) is 57.8 Å². The average Bonchev–Trinajstić information content (AvgIpc) is 2.47. The van der Waals surface area contributed by atoms with Gasteiger partial charge in [-0.15, -0.1) is 0 Å². The van der Waals surface area contributed by atoms with Gasteiger partial charge in [-0.1, -0.05) is 65.7 Å². The molecule has 0 heterocycles. The molecule has 0 spiro atoms. The van der Waals surface area contributed by atoms with Gasteiger partial charge in [0.25, 0.3) is 0 Å². The number of aliphatic hydroxyl groups excluding tert-OH is 1. The summed E-state index contributed by atoms with van der Waals surface area (Å²) in [7, 11) is 0. The third kappa shape index (κ3) is 6.28. The summed E-state index contributed by atoms with van der Waals surface area (Å²) < 4.78 is 0. The number of hydrogen-bond acceptors (Lipinski definition) is 2. The van der Waals surface area contributed by atoms with Crippen LogP contribution in [0.4, 0.5) is 0 Å². The normalized spacial score (nSPS) is 22.1. The smallest absolute Gasteiger partial charge is 0.0608 e. The monoisotopic (exact) mass is 297 g/mol. The fourth-order valence-corrected chi connectivity index (χ4v) is 3.70. The summed E-state index contributed by atoms with van der Waals surface area (Å²) in [6, 6.07) is 0. The maximum Gasteiger partial charge on any atom is 0.0608 e. The highest BCUT2D eigenvalue weighted by Gasteiger charge is 2.41. The second kappa shape index (κ2) is 9.15. The van der Waals surface area contributed by atoms with E-state index in [1.807, 2.05) is 0 Å². The first-order valence-electron chi connectivity index (χ1n) is 9.34. The van der Waals surface area contributed by atoms with Gasteiger partial charge >= 0.3 is 0 Å². The summed E-state index contributed by atoms with van der Waals surface area (Å²) in [5.41, 5.74) is 6.51. The highest BCUT2D eigenvalue weighted by molar-refractivity contribution is 4.94. The lowest BCUT2D eigenvalue weighted by Gasteiger charge is -2.45. The molecule has 1 fully saturated rings. The Bertz CT molecular complexity index is 265. The lowest BCUT2D eigenvalue weighted by atomic mass is 9.62. The second-order valence-corrected chi connectivity index (χ2v) is 8.16. The lowest BCUT2D eigenvalue weighted by Crippen LogP contribution is -2.45. The number of nitrogens with two attached hydrogens (primary N) is 1. The van der Waals surface area contributed by atoms with E-state index < -0.39 is 0 Å². The van der Waals surface area contributed by atoms with Crippen molar-refractivity contribution in [2.24, 2.45) is 16.6 Å². The molecule has 1 unspecified atom stereocenters. The number of rotatable bonds is 10. The zero-order chi connectivity index (χ0) is 15.8. The summed E-state index contributed by atoms with van der Waals surface area (Å²) in [4.78, 5) is 0. The maximum absolute atomic E-state index is 10.7. The summed E-state index contributed by atoms with van der Waals surface area (Å²) >= 11 is 0. The summed E-state index contributed by atoms with van der Waals surface area (Å²) in [5, 5.41) is 10.7. The van der Waals surface area contributed by atoms with Gasteiger partial charge < -0.3 is 10.8 Å². The third-order valence-corrected chi connectivity index (χ3v) is 5.79. The van der Waals surface area contributed by atoms with Crippen LogP contribution in [0.1, 0.15) is 97.8 Å². The largest absolute Gasteiger partial charge is 0.393 e. The predicted molar refractivity (Wildman–Crippen MR) is 92.4 cm³/mol. The van der Waals surface area contributed by atoms with Crippen molar-refractivity contribution >= 4 is 0 Å². The SMILES string of the molecule is CCCCCCCCCC(O)C1(CN)CCC(C)(C)CC1. The Balaban J connectivity index is 2.24. The Morgan fingerprint density at radius 3 is 1.95 bits per heavy atom. The van der Waals surface area contributed by atoms with E-state index in [0.29, 0.717) is 12.0 Å². The minimum Gasteiger partial charge on any atom is -0.393 e. The molecule has 2 heteroatoms. The van der Waals surface area contributed by atoms with E-state index in [-0.39, 0.29) is 11.5 Å². The molecular formula is C19H39NO. The van der Waals surface area contributed by atoms with Crippen molar-refractivity contribution in [1.82, 2.24) is 0 Å². The molecule has 21 heavy (non-hydrogen) atoms. The molecule has 1 atom stereocenters.